The number of aliphatic hydroxyl groups is 1. The maximum absolute atomic E-state index is 10.4. The fraction of sp³-hybridized carbons (Fsp3) is 0.286. The van der Waals surface area contributed by atoms with Gasteiger partial charge in [-0.2, -0.15) is 0 Å². The van der Waals surface area contributed by atoms with E-state index in [4.69, 9.17) is 5.11 Å². The SMILES string of the molecule is C=CC(=O)OCNC(O)C=C. The summed E-state index contributed by atoms with van der Waals surface area (Å²) in [6.45, 7) is 6.44. The minimum absolute atomic E-state index is 0.0575. The van der Waals surface area contributed by atoms with Crippen molar-refractivity contribution in [3.05, 3.63) is 25.3 Å². The fourth-order valence-corrected chi connectivity index (χ4v) is 0.340. The molecule has 0 bridgehead atoms. The van der Waals surface area contributed by atoms with Crippen LogP contribution in [0.4, 0.5) is 0 Å². The molecule has 1 unspecified atom stereocenters. The summed E-state index contributed by atoms with van der Waals surface area (Å²) in [5.41, 5.74) is 0. The van der Waals surface area contributed by atoms with E-state index in [2.05, 4.69) is 23.2 Å². The van der Waals surface area contributed by atoms with Gasteiger partial charge in [0, 0.05) is 6.08 Å². The number of carbonyl (C=O) groups is 1. The predicted molar refractivity (Wildman–Crippen MR) is 40.5 cm³/mol. The molecule has 0 amide bonds. The minimum atomic E-state index is -0.854. The lowest BCUT2D eigenvalue weighted by Gasteiger charge is -2.06. The summed E-state index contributed by atoms with van der Waals surface area (Å²) in [5, 5.41) is 11.2. The van der Waals surface area contributed by atoms with Crippen LogP contribution in [0.2, 0.25) is 0 Å². The topological polar surface area (TPSA) is 58.6 Å². The van der Waals surface area contributed by atoms with E-state index in [-0.39, 0.29) is 6.73 Å². The van der Waals surface area contributed by atoms with Crippen LogP contribution in [0.1, 0.15) is 0 Å². The van der Waals surface area contributed by atoms with Crippen LogP contribution in [0.25, 0.3) is 0 Å². The van der Waals surface area contributed by atoms with Crippen LogP contribution < -0.4 is 5.32 Å². The van der Waals surface area contributed by atoms with Crippen LogP contribution in [0.15, 0.2) is 25.3 Å². The molecular weight excluding hydrogens is 146 g/mol. The predicted octanol–water partition coefficient (Wildman–Crippen LogP) is -0.233. The van der Waals surface area contributed by atoms with Crippen molar-refractivity contribution < 1.29 is 14.6 Å². The highest BCUT2D eigenvalue weighted by atomic mass is 16.5. The number of hydrogen-bond acceptors (Lipinski definition) is 4. The summed E-state index contributed by atoms with van der Waals surface area (Å²) >= 11 is 0. The monoisotopic (exact) mass is 157 g/mol. The van der Waals surface area contributed by atoms with Gasteiger partial charge in [-0.25, -0.2) is 4.79 Å². The molecule has 11 heavy (non-hydrogen) atoms. The van der Waals surface area contributed by atoms with Crippen LogP contribution in [-0.4, -0.2) is 24.0 Å². The molecule has 0 aromatic rings. The molecule has 0 fully saturated rings. The molecule has 0 aromatic heterocycles. The van der Waals surface area contributed by atoms with E-state index in [1.165, 1.54) is 6.08 Å². The van der Waals surface area contributed by atoms with E-state index in [9.17, 15) is 4.79 Å². The van der Waals surface area contributed by atoms with Crippen molar-refractivity contribution in [2.75, 3.05) is 6.73 Å². The number of carbonyl (C=O) groups excluding carboxylic acids is 1. The van der Waals surface area contributed by atoms with Gasteiger partial charge in [-0.3, -0.25) is 5.32 Å². The zero-order valence-corrected chi connectivity index (χ0v) is 6.12. The Bertz CT molecular complexity index is 156. The molecule has 1 atom stereocenters. The molecular formula is C7H11NO3. The van der Waals surface area contributed by atoms with Gasteiger partial charge in [-0.1, -0.05) is 13.2 Å². The first-order valence-electron chi connectivity index (χ1n) is 3.04. The number of esters is 1. The molecule has 0 radical (unpaired) electrons. The molecule has 62 valence electrons. The van der Waals surface area contributed by atoms with Crippen LogP contribution in [0, 0.1) is 0 Å². The van der Waals surface area contributed by atoms with E-state index in [1.807, 2.05) is 0 Å². The van der Waals surface area contributed by atoms with Crippen molar-refractivity contribution in [3.63, 3.8) is 0 Å². The molecule has 0 aliphatic carbocycles. The average Bonchev–Trinajstić information content (AvgIpc) is 2.04. The van der Waals surface area contributed by atoms with Crippen LogP contribution in [0.3, 0.4) is 0 Å². The first kappa shape index (κ1) is 9.87. The second kappa shape index (κ2) is 5.64. The second-order valence-electron chi connectivity index (χ2n) is 1.70. The highest BCUT2D eigenvalue weighted by Crippen LogP contribution is 1.79. The van der Waals surface area contributed by atoms with Gasteiger partial charge in [-0.05, 0) is 6.08 Å². The number of rotatable bonds is 5. The van der Waals surface area contributed by atoms with Gasteiger partial charge >= 0.3 is 5.97 Å². The molecule has 4 heteroatoms. The Morgan fingerprint density at radius 2 is 2.36 bits per heavy atom. The smallest absolute Gasteiger partial charge is 0.331 e. The van der Waals surface area contributed by atoms with Gasteiger partial charge in [0.05, 0.1) is 0 Å². The number of nitrogens with one attached hydrogen (secondary N) is 1. The van der Waals surface area contributed by atoms with Crippen LogP contribution >= 0.6 is 0 Å². The lowest BCUT2D eigenvalue weighted by Crippen LogP contribution is -2.29. The molecule has 0 spiro atoms. The third-order valence-corrected chi connectivity index (χ3v) is 0.897. The van der Waals surface area contributed by atoms with Crippen molar-refractivity contribution in [1.29, 1.82) is 0 Å². The van der Waals surface area contributed by atoms with Gasteiger partial charge < -0.3 is 9.84 Å². The zero-order valence-electron chi connectivity index (χ0n) is 6.12. The van der Waals surface area contributed by atoms with Crippen molar-refractivity contribution in [2.45, 2.75) is 6.23 Å². The maximum Gasteiger partial charge on any atom is 0.331 e. The Kier molecular flexibility index (Phi) is 5.06. The highest BCUT2D eigenvalue weighted by molar-refractivity contribution is 5.81. The van der Waals surface area contributed by atoms with E-state index in [1.54, 1.807) is 0 Å². The molecule has 0 saturated heterocycles. The fourth-order valence-electron chi connectivity index (χ4n) is 0.340. The van der Waals surface area contributed by atoms with Crippen LogP contribution in [-0.2, 0) is 9.53 Å². The lowest BCUT2D eigenvalue weighted by molar-refractivity contribution is -0.139. The summed E-state index contributed by atoms with van der Waals surface area (Å²) in [6.07, 6.45) is 1.47. The third kappa shape index (κ3) is 5.32. The molecule has 0 aliphatic heterocycles. The van der Waals surface area contributed by atoms with Gasteiger partial charge in [0.2, 0.25) is 0 Å². The molecule has 2 N–H and O–H groups in total. The molecule has 0 rings (SSSR count). The molecule has 0 heterocycles. The van der Waals surface area contributed by atoms with Crippen molar-refractivity contribution >= 4 is 5.97 Å². The molecule has 0 aromatic carbocycles. The van der Waals surface area contributed by atoms with Crippen LogP contribution in [0.5, 0.6) is 0 Å². The standard InChI is InChI=1S/C7H11NO3/c1-3-6(9)8-5-11-7(10)4-2/h3-4,6,8-9H,1-2,5H2. The second-order valence-corrected chi connectivity index (χ2v) is 1.70. The Balaban J connectivity index is 3.33. The summed E-state index contributed by atoms with van der Waals surface area (Å²) < 4.78 is 4.49. The average molecular weight is 157 g/mol. The Morgan fingerprint density at radius 1 is 1.73 bits per heavy atom. The van der Waals surface area contributed by atoms with E-state index in [0.717, 1.165) is 6.08 Å². The maximum atomic E-state index is 10.4. The summed E-state index contributed by atoms with van der Waals surface area (Å²) in [7, 11) is 0. The third-order valence-electron chi connectivity index (χ3n) is 0.897. The van der Waals surface area contributed by atoms with Crippen molar-refractivity contribution in [2.24, 2.45) is 0 Å². The van der Waals surface area contributed by atoms with E-state index < -0.39 is 12.2 Å². The van der Waals surface area contributed by atoms with Gasteiger partial charge in [0.15, 0.2) is 0 Å². The normalized spacial score (nSPS) is 11.7. The summed E-state index contributed by atoms with van der Waals surface area (Å²) in [6, 6.07) is 0. The van der Waals surface area contributed by atoms with Gasteiger partial charge in [-0.15, -0.1) is 0 Å². The Morgan fingerprint density at radius 3 is 2.82 bits per heavy atom. The Labute approximate surface area is 65.2 Å². The zero-order chi connectivity index (χ0) is 8.69. The quantitative estimate of drug-likeness (QED) is 0.250. The largest absolute Gasteiger partial charge is 0.447 e. The summed E-state index contributed by atoms with van der Waals surface area (Å²) in [4.78, 5) is 10.4. The lowest BCUT2D eigenvalue weighted by atomic mass is 10.6. The number of aliphatic hydroxyl groups excluding tert-OH is 1. The highest BCUT2D eigenvalue weighted by Gasteiger charge is 1.97. The molecule has 4 nitrogen and oxygen atoms in total. The van der Waals surface area contributed by atoms with E-state index in [0.29, 0.717) is 0 Å². The van der Waals surface area contributed by atoms with Gasteiger partial charge in [0.1, 0.15) is 13.0 Å². The first-order valence-corrected chi connectivity index (χ1v) is 3.04. The van der Waals surface area contributed by atoms with Gasteiger partial charge in [0.25, 0.3) is 0 Å². The van der Waals surface area contributed by atoms with Crippen molar-refractivity contribution in [1.82, 2.24) is 5.32 Å². The van der Waals surface area contributed by atoms with Crippen molar-refractivity contribution in [3.8, 4) is 0 Å². The minimum Gasteiger partial charge on any atom is -0.447 e. The van der Waals surface area contributed by atoms with E-state index >= 15 is 0 Å². The summed E-state index contributed by atoms with van der Waals surface area (Å²) in [5.74, 6) is -0.534. The molecule has 0 saturated carbocycles. The number of ether oxygens (including phenoxy) is 1. The molecule has 0 aliphatic rings. The first-order chi connectivity index (χ1) is 5.20. The number of hydrogen-bond donors (Lipinski definition) is 2. The Hall–Kier alpha value is -1.13.